The minimum Gasteiger partial charge on any atom is -1.00 e. The molecule has 0 saturated heterocycles. The first-order valence-corrected chi connectivity index (χ1v) is 6.55. The van der Waals surface area contributed by atoms with Crippen molar-refractivity contribution in [3.05, 3.63) is 0 Å². The zero-order chi connectivity index (χ0) is 13.1. The molecule has 0 heterocycles. The number of aliphatic carboxylic acids is 2. The fourth-order valence-corrected chi connectivity index (χ4v) is 1.83. The van der Waals surface area contributed by atoms with E-state index in [-0.39, 0.29) is 32.3 Å². The van der Waals surface area contributed by atoms with Gasteiger partial charge in [-0.1, -0.05) is 58.3 Å². The quantitative estimate of drug-likeness (QED) is 0.344. The second-order valence-corrected chi connectivity index (χ2v) is 4.49. The monoisotopic (exact) mass is 270 g/mol. The topological polar surface area (TPSA) is 74.6 Å². The van der Waals surface area contributed by atoms with Gasteiger partial charge in [-0.25, -0.2) is 0 Å². The normalized spacial score (nSPS) is 10.1. The van der Waals surface area contributed by atoms with Gasteiger partial charge in [-0.05, 0) is 6.42 Å². The minimum atomic E-state index is -1.23. The van der Waals surface area contributed by atoms with Crippen molar-refractivity contribution >= 4 is 35.0 Å². The second kappa shape index (κ2) is 13.1. The van der Waals surface area contributed by atoms with Gasteiger partial charge in [-0.15, -0.1) is 0 Å². The Morgan fingerprint density at radius 3 is 1.67 bits per heavy atom. The molecule has 0 rings (SSSR count). The standard InChI is InChI=1S/C13H24O4.Mg.2H/c1-2-3-4-5-6-7-8-9-10-11(12(14)15)13(16)17;;;/h11H,2-10H2,1H3,(H,14,15)(H,16,17);;;/q;+2;2*-1. The first-order valence-electron chi connectivity index (χ1n) is 6.55. The van der Waals surface area contributed by atoms with Gasteiger partial charge in [0.05, 0.1) is 0 Å². The maximum Gasteiger partial charge on any atom is 2.00 e. The molecule has 0 fully saturated rings. The molecule has 4 nitrogen and oxygen atoms in total. The maximum absolute atomic E-state index is 10.6. The van der Waals surface area contributed by atoms with Crippen LogP contribution in [0.4, 0.5) is 0 Å². The van der Waals surface area contributed by atoms with Crippen molar-refractivity contribution in [1.82, 2.24) is 0 Å². The number of carboxylic acids is 2. The largest absolute Gasteiger partial charge is 2.00 e. The molecule has 2 N–H and O–H groups in total. The molecule has 0 aliphatic heterocycles. The van der Waals surface area contributed by atoms with Gasteiger partial charge >= 0.3 is 35.0 Å². The zero-order valence-electron chi connectivity index (χ0n) is 13.4. The molecule has 5 heteroatoms. The molecule has 104 valence electrons. The smallest absolute Gasteiger partial charge is 1.00 e. The molecule has 18 heavy (non-hydrogen) atoms. The number of rotatable bonds is 11. The molecule has 0 saturated carbocycles. The molecule has 0 aliphatic carbocycles. The van der Waals surface area contributed by atoms with Crippen LogP contribution in [0.5, 0.6) is 0 Å². The molecular formula is C13H26MgO4. The van der Waals surface area contributed by atoms with Crippen molar-refractivity contribution in [2.75, 3.05) is 0 Å². The van der Waals surface area contributed by atoms with E-state index >= 15 is 0 Å². The van der Waals surface area contributed by atoms with E-state index in [9.17, 15) is 9.59 Å². The van der Waals surface area contributed by atoms with E-state index in [4.69, 9.17) is 10.2 Å². The van der Waals surface area contributed by atoms with E-state index in [0.29, 0.717) is 6.42 Å². The van der Waals surface area contributed by atoms with Gasteiger partial charge in [0.15, 0.2) is 5.92 Å². The molecule has 0 aromatic rings. The number of carboxylic acid groups (broad SMARTS) is 2. The third-order valence-electron chi connectivity index (χ3n) is 2.94. The Balaban J connectivity index is -0.000000427. The fraction of sp³-hybridized carbons (Fsp3) is 0.846. The average Bonchev–Trinajstić information content (AvgIpc) is 2.26. The predicted octanol–water partition coefficient (Wildman–Crippen LogP) is 3.15. The summed E-state index contributed by atoms with van der Waals surface area (Å²) in [5, 5.41) is 17.3. The number of hydrogen-bond acceptors (Lipinski definition) is 2. The van der Waals surface area contributed by atoms with Crippen LogP contribution in [0.3, 0.4) is 0 Å². The Morgan fingerprint density at radius 1 is 0.889 bits per heavy atom. The fourth-order valence-electron chi connectivity index (χ4n) is 1.83. The Labute approximate surface area is 128 Å². The molecular weight excluding hydrogens is 244 g/mol. The van der Waals surface area contributed by atoms with E-state index in [1.807, 2.05) is 0 Å². The van der Waals surface area contributed by atoms with Crippen molar-refractivity contribution in [2.45, 2.75) is 64.7 Å². The van der Waals surface area contributed by atoms with Crippen molar-refractivity contribution in [3.63, 3.8) is 0 Å². The van der Waals surface area contributed by atoms with E-state index in [1.165, 1.54) is 32.1 Å². The molecule has 0 atom stereocenters. The van der Waals surface area contributed by atoms with Crippen LogP contribution < -0.4 is 0 Å². The van der Waals surface area contributed by atoms with Crippen LogP contribution >= 0.6 is 0 Å². The summed E-state index contributed by atoms with van der Waals surface area (Å²) in [5.74, 6) is -3.67. The van der Waals surface area contributed by atoms with Crippen molar-refractivity contribution in [3.8, 4) is 0 Å². The van der Waals surface area contributed by atoms with Crippen LogP contribution in [0.25, 0.3) is 0 Å². The van der Waals surface area contributed by atoms with Crippen molar-refractivity contribution in [2.24, 2.45) is 5.92 Å². The molecule has 0 amide bonds. The molecule has 0 aliphatic rings. The summed E-state index contributed by atoms with van der Waals surface area (Å²) in [6.45, 7) is 2.18. The van der Waals surface area contributed by atoms with Crippen LogP contribution in [0.15, 0.2) is 0 Å². The summed E-state index contributed by atoms with van der Waals surface area (Å²) >= 11 is 0. The van der Waals surface area contributed by atoms with Crippen LogP contribution in [-0.2, 0) is 9.59 Å². The summed E-state index contributed by atoms with van der Waals surface area (Å²) in [5.41, 5.74) is 0. The van der Waals surface area contributed by atoms with Crippen LogP contribution in [0, 0.1) is 5.92 Å². The number of unbranched alkanes of at least 4 members (excludes halogenated alkanes) is 7. The SMILES string of the molecule is CCCCCCCCCCC(C(=O)O)C(=O)O.[H-].[H-].[Mg+2]. The van der Waals surface area contributed by atoms with Gasteiger partial charge in [0.2, 0.25) is 0 Å². The van der Waals surface area contributed by atoms with Gasteiger partial charge in [-0.2, -0.15) is 0 Å². The van der Waals surface area contributed by atoms with Gasteiger partial charge in [-0.3, -0.25) is 9.59 Å². The Hall–Kier alpha value is -0.294. The van der Waals surface area contributed by atoms with Crippen LogP contribution in [-0.4, -0.2) is 45.2 Å². The third-order valence-corrected chi connectivity index (χ3v) is 2.94. The Kier molecular flexibility index (Phi) is 14.6. The molecule has 0 aromatic heterocycles. The average molecular weight is 271 g/mol. The van der Waals surface area contributed by atoms with E-state index in [0.717, 1.165) is 12.8 Å². The second-order valence-electron chi connectivity index (χ2n) is 4.49. The van der Waals surface area contributed by atoms with Crippen molar-refractivity contribution in [1.29, 1.82) is 0 Å². The summed E-state index contributed by atoms with van der Waals surface area (Å²) in [4.78, 5) is 21.2. The first-order chi connectivity index (χ1) is 8.09. The molecule has 0 aromatic carbocycles. The van der Waals surface area contributed by atoms with E-state index < -0.39 is 17.9 Å². The van der Waals surface area contributed by atoms with Gasteiger partial charge < -0.3 is 13.1 Å². The van der Waals surface area contributed by atoms with Crippen molar-refractivity contribution < 1.29 is 22.7 Å². The summed E-state index contributed by atoms with van der Waals surface area (Å²) in [7, 11) is 0. The number of carbonyl (C=O) groups is 2. The van der Waals surface area contributed by atoms with E-state index in [2.05, 4.69) is 6.92 Å². The summed E-state index contributed by atoms with van der Waals surface area (Å²) in [6, 6.07) is 0. The zero-order valence-corrected chi connectivity index (χ0v) is 12.8. The van der Waals surface area contributed by atoms with Crippen LogP contribution in [0.1, 0.15) is 67.6 Å². The summed E-state index contributed by atoms with van der Waals surface area (Å²) < 4.78 is 0. The summed E-state index contributed by atoms with van der Waals surface area (Å²) in [6.07, 6.45) is 9.14. The number of hydrogen-bond donors (Lipinski definition) is 2. The van der Waals surface area contributed by atoms with Crippen LogP contribution in [0.2, 0.25) is 0 Å². The molecule has 0 unspecified atom stereocenters. The van der Waals surface area contributed by atoms with Gasteiger partial charge in [0.25, 0.3) is 0 Å². The third kappa shape index (κ3) is 10.8. The predicted molar refractivity (Wildman–Crippen MR) is 74.0 cm³/mol. The Morgan fingerprint density at radius 2 is 1.28 bits per heavy atom. The van der Waals surface area contributed by atoms with Gasteiger partial charge in [0, 0.05) is 0 Å². The molecule has 0 radical (unpaired) electrons. The minimum absolute atomic E-state index is 0. The maximum atomic E-state index is 10.6. The van der Waals surface area contributed by atoms with Gasteiger partial charge in [0.1, 0.15) is 0 Å². The first kappa shape index (κ1) is 20.0. The van der Waals surface area contributed by atoms with E-state index in [1.54, 1.807) is 0 Å². The molecule has 0 spiro atoms. The molecule has 0 bridgehead atoms. The Bertz CT molecular complexity index is 226.